The average Bonchev–Trinajstić information content (AvgIpc) is 0.797. The van der Waals surface area contributed by atoms with E-state index in [1.165, 1.54) is 30.3 Å². The molecule has 34 heteroatoms. The van der Waals surface area contributed by atoms with Gasteiger partial charge >= 0.3 is 0 Å². The summed E-state index contributed by atoms with van der Waals surface area (Å²) in [6.45, 7) is 1.97. The molecule has 0 aromatic heterocycles. The fourth-order valence-corrected chi connectivity index (χ4v) is 10.5. The van der Waals surface area contributed by atoms with Crippen LogP contribution in [0, 0.1) is 5.92 Å². The summed E-state index contributed by atoms with van der Waals surface area (Å²) in [5.74, 6) is -10.2. The van der Waals surface area contributed by atoms with Crippen molar-refractivity contribution in [2.75, 3.05) is 63.7 Å². The molecule has 0 fully saturated rings. The van der Waals surface area contributed by atoms with Gasteiger partial charge in [-0.3, -0.25) is 57.5 Å². The van der Waals surface area contributed by atoms with Gasteiger partial charge in [-0.15, -0.1) is 0 Å². The lowest BCUT2D eigenvalue weighted by atomic mass is 10.0. The van der Waals surface area contributed by atoms with Gasteiger partial charge in [0.1, 0.15) is 47.2 Å². The average molecular weight is 1390 g/mol. The lowest BCUT2D eigenvalue weighted by Gasteiger charge is -2.28. The van der Waals surface area contributed by atoms with Gasteiger partial charge < -0.3 is 90.6 Å². The van der Waals surface area contributed by atoms with E-state index in [2.05, 4.69) is 68.4 Å². The molecule has 5 aromatic carbocycles. The maximum absolute atomic E-state index is 14.2. The highest BCUT2D eigenvalue weighted by molar-refractivity contribution is 7.86. The number of benzene rings is 5. The van der Waals surface area contributed by atoms with Gasteiger partial charge in [-0.05, 0) is 105 Å². The first-order chi connectivity index (χ1) is 47.0. The number of aliphatic hydroxyl groups is 3. The van der Waals surface area contributed by atoms with E-state index >= 15 is 0 Å². The monoisotopic (exact) mass is 1390 g/mol. The normalized spacial score (nSPS) is 13.7. The van der Waals surface area contributed by atoms with Crippen LogP contribution in [0.25, 0.3) is 10.8 Å². The fraction of sp³-hybridized carbons (Fsp3) is 0.400. The molecule has 0 aliphatic carbocycles. The van der Waals surface area contributed by atoms with Crippen molar-refractivity contribution in [2.24, 2.45) is 38.3 Å². The number of azo groups is 1. The number of carbonyl (C=O) groups excluding carboxylic acids is 10. The summed E-state index contributed by atoms with van der Waals surface area (Å²) in [6.07, 6.45) is -3.16. The van der Waals surface area contributed by atoms with Crippen molar-refractivity contribution in [2.45, 2.75) is 113 Å². The smallest absolute Gasteiger partial charge is 0.295 e. The maximum Gasteiger partial charge on any atom is 0.295 e. The fourth-order valence-electron chi connectivity index (χ4n) is 9.77. The minimum Gasteiger partial charge on any atom is -0.394 e. The van der Waals surface area contributed by atoms with Crippen molar-refractivity contribution in [3.05, 3.63) is 126 Å². The van der Waals surface area contributed by atoms with Crippen LogP contribution >= 0.6 is 0 Å². The standard InChI is InChI=1S/C65H87N17O16S/c1-37(2)32-49(73-55(87)34-72-57(88)40-19-21-41(22-20-40)80-81-42-23-25-43(26-24-42)82(4)5)61(92)74-47(17-11-29-71-65(67)68)60(91)79-56(38(3)85)64(95)75-48(27-28-54(66)86)59(90)78-52(36-84)63(94)76-50(33-39-12-7-6-8-13-39)62(93)77-51(35-83)58(89)70-31-30-69-46-16-9-15-45-44(46)14-10-18-53(45)99(96,97)98/h6-10,12-16,18-26,37-38,47-52,56,69,83-85H,11,17,27-36H2,1-5H3,(H2,66,86)(H,70,89)(H,72,88)(H,73,87)(H,74,92)(H,75,95)(H,76,94)(H,77,93)(H,78,90)(H,79,91)(H4,67,68,71)(H,96,97,98)/t38-,47+,48+,49+,50+,51+,52+,56+/m1/s1. The van der Waals surface area contributed by atoms with Gasteiger partial charge in [-0.25, -0.2) is 0 Å². The molecule has 0 aliphatic rings. The summed E-state index contributed by atoms with van der Waals surface area (Å²) in [6, 6.07) is 19.2. The Kier molecular flexibility index (Phi) is 31.1. The van der Waals surface area contributed by atoms with Crippen molar-refractivity contribution in [1.29, 1.82) is 0 Å². The number of guanidine groups is 1. The number of amides is 10. The van der Waals surface area contributed by atoms with Gasteiger partial charge in [-0.2, -0.15) is 18.6 Å². The number of fused-ring (bicyclic) bond motifs is 1. The summed E-state index contributed by atoms with van der Waals surface area (Å²) in [5.41, 5.74) is 19.6. The first-order valence-corrected chi connectivity index (χ1v) is 32.9. The molecule has 0 radical (unpaired) electrons. The molecular formula is C65H87N17O16S. The summed E-state index contributed by atoms with van der Waals surface area (Å²) in [4.78, 5) is 142. The zero-order valence-corrected chi connectivity index (χ0v) is 56.1. The number of hydrogen-bond acceptors (Lipinski definition) is 20. The molecule has 0 saturated heterocycles. The van der Waals surface area contributed by atoms with Crippen LogP contribution in [0.5, 0.6) is 0 Å². The Morgan fingerprint density at radius 3 is 1.68 bits per heavy atom. The molecule has 0 unspecified atom stereocenters. The molecular weight excluding hydrogens is 1310 g/mol. The van der Waals surface area contributed by atoms with Crippen molar-refractivity contribution in [3.63, 3.8) is 0 Å². The van der Waals surface area contributed by atoms with E-state index in [-0.39, 0.29) is 73.0 Å². The summed E-state index contributed by atoms with van der Waals surface area (Å²) >= 11 is 0. The first kappa shape index (κ1) is 79.0. The zero-order chi connectivity index (χ0) is 72.9. The van der Waals surface area contributed by atoms with Crippen molar-refractivity contribution in [1.82, 2.24) is 47.9 Å². The number of carbonyl (C=O) groups is 10. The first-order valence-electron chi connectivity index (χ1n) is 31.5. The predicted molar refractivity (Wildman–Crippen MR) is 366 cm³/mol. The van der Waals surface area contributed by atoms with E-state index in [9.17, 15) is 76.2 Å². The Morgan fingerprint density at radius 2 is 1.09 bits per heavy atom. The van der Waals surface area contributed by atoms with Gasteiger partial charge in [0.15, 0.2) is 5.96 Å². The number of hydrogen-bond donors (Lipinski definition) is 17. The summed E-state index contributed by atoms with van der Waals surface area (Å²) < 4.78 is 33.7. The molecule has 534 valence electrons. The molecule has 5 rings (SSSR count). The Morgan fingerprint density at radius 1 is 0.556 bits per heavy atom. The maximum atomic E-state index is 14.2. The number of anilines is 2. The largest absolute Gasteiger partial charge is 0.394 e. The molecule has 8 atom stereocenters. The highest BCUT2D eigenvalue weighted by Crippen LogP contribution is 2.29. The van der Waals surface area contributed by atoms with Crippen molar-refractivity contribution >= 4 is 109 Å². The number of nitrogens with two attached hydrogens (primary N) is 3. The summed E-state index contributed by atoms with van der Waals surface area (Å²) in [7, 11) is -0.729. The molecule has 5 aromatic rings. The van der Waals surface area contributed by atoms with Crippen LogP contribution in [0.4, 0.5) is 22.7 Å². The third kappa shape index (κ3) is 26.0. The van der Waals surface area contributed by atoms with Crippen LogP contribution in [-0.4, -0.2) is 195 Å². The van der Waals surface area contributed by atoms with Gasteiger partial charge in [0.05, 0.1) is 37.2 Å². The van der Waals surface area contributed by atoms with Crippen LogP contribution in [-0.2, 0) is 59.7 Å². The molecule has 33 nitrogen and oxygen atoms in total. The zero-order valence-electron chi connectivity index (χ0n) is 55.3. The van der Waals surface area contributed by atoms with Crippen molar-refractivity contribution < 1.29 is 76.2 Å². The molecule has 0 heterocycles. The van der Waals surface area contributed by atoms with E-state index in [0.717, 1.165) is 12.6 Å². The highest BCUT2D eigenvalue weighted by Gasteiger charge is 2.36. The van der Waals surface area contributed by atoms with Crippen LogP contribution in [0.1, 0.15) is 68.8 Å². The second-order valence-electron chi connectivity index (χ2n) is 23.5. The minimum absolute atomic E-state index is 0.0371. The number of rotatable bonds is 39. The second kappa shape index (κ2) is 38.9. The van der Waals surface area contributed by atoms with Crippen LogP contribution in [0.2, 0.25) is 0 Å². The summed E-state index contributed by atoms with van der Waals surface area (Å²) in [5, 5.41) is 65.9. The molecule has 0 bridgehead atoms. The van der Waals surface area contributed by atoms with E-state index in [1.807, 2.05) is 31.1 Å². The predicted octanol–water partition coefficient (Wildman–Crippen LogP) is -1.11. The highest BCUT2D eigenvalue weighted by atomic mass is 32.2. The van der Waals surface area contributed by atoms with Crippen LogP contribution < -0.4 is 75.3 Å². The van der Waals surface area contributed by atoms with E-state index < -0.39 is 150 Å². The number of nitrogens with zero attached hydrogens (tertiary/aromatic N) is 4. The third-order valence-electron chi connectivity index (χ3n) is 14.9. The Balaban J connectivity index is 1.23. The molecule has 20 N–H and O–H groups in total. The minimum atomic E-state index is -4.55. The number of aliphatic hydroxyl groups excluding tert-OH is 3. The Labute approximate surface area is 571 Å². The Bertz CT molecular complexity index is 3780. The molecule has 0 aliphatic heterocycles. The topological polar surface area (TPSA) is 524 Å². The molecule has 0 saturated carbocycles. The SMILES string of the molecule is CC(C)C[C@H](NC(=O)CNC(=O)c1ccc(N=Nc2ccc(N(C)C)cc2)cc1)C(=O)N[C@@H](CCCN=C(N)N)C(=O)N[C@H](C(=O)N[C@@H](CCC(N)=O)C(=O)N[C@@H](CO)C(=O)N[C@@H](Cc1ccccc1)C(=O)N[C@@H](CO)C(=O)NCCNc1cccc2c(S(=O)(=O)O)cccc12)[C@@H](C)O. The number of primary amides is 1. The number of aliphatic imine (C=N–C) groups is 1. The quantitative estimate of drug-likeness (QED) is 0.00729. The molecule has 0 spiro atoms. The Hall–Kier alpha value is -10.7. The lowest BCUT2D eigenvalue weighted by molar-refractivity contribution is -0.137. The molecule has 10 amide bonds. The van der Waals surface area contributed by atoms with Gasteiger partial charge in [0.2, 0.25) is 53.2 Å². The van der Waals surface area contributed by atoms with Crippen LogP contribution in [0.3, 0.4) is 0 Å². The molecule has 99 heavy (non-hydrogen) atoms. The van der Waals surface area contributed by atoms with Gasteiger partial charge in [0.25, 0.3) is 16.0 Å². The van der Waals surface area contributed by atoms with Gasteiger partial charge in [-0.1, -0.05) is 68.4 Å². The second-order valence-corrected chi connectivity index (χ2v) is 24.9. The van der Waals surface area contributed by atoms with E-state index in [1.54, 1.807) is 86.6 Å². The van der Waals surface area contributed by atoms with E-state index in [4.69, 9.17) is 17.2 Å². The third-order valence-corrected chi connectivity index (χ3v) is 15.9. The lowest BCUT2D eigenvalue weighted by Crippen LogP contribution is -2.62. The van der Waals surface area contributed by atoms with Crippen molar-refractivity contribution in [3.8, 4) is 0 Å². The van der Waals surface area contributed by atoms with Crippen LogP contribution in [0.15, 0.2) is 135 Å². The number of nitrogens with one attached hydrogen (secondary N) is 10. The van der Waals surface area contributed by atoms with Gasteiger partial charge in [0, 0.05) is 74.3 Å². The van der Waals surface area contributed by atoms with E-state index in [0.29, 0.717) is 28.0 Å².